The molecule has 2 aromatic carbocycles. The predicted molar refractivity (Wildman–Crippen MR) is 72.1 cm³/mol. The molecule has 0 saturated carbocycles. The third kappa shape index (κ3) is 3.20. The van der Waals surface area contributed by atoms with Gasteiger partial charge in [-0.05, 0) is 41.3 Å². The van der Waals surface area contributed by atoms with E-state index in [1.165, 1.54) is 12.1 Å². The van der Waals surface area contributed by atoms with Crippen LogP contribution in [-0.2, 0) is 6.18 Å². The summed E-state index contributed by atoms with van der Waals surface area (Å²) in [4.78, 5) is 0. The van der Waals surface area contributed by atoms with Crippen LogP contribution in [-0.4, -0.2) is 5.11 Å². The normalized spacial score (nSPS) is 13.2. The average Bonchev–Trinajstić information content (AvgIpc) is 2.46. The van der Waals surface area contributed by atoms with Crippen LogP contribution in [0.25, 0.3) is 11.1 Å². The van der Waals surface area contributed by atoms with Gasteiger partial charge in [-0.3, -0.25) is 0 Å². The summed E-state index contributed by atoms with van der Waals surface area (Å²) < 4.78 is 37.5. The van der Waals surface area contributed by atoms with Gasteiger partial charge >= 0.3 is 6.18 Å². The van der Waals surface area contributed by atoms with E-state index in [0.717, 1.165) is 23.3 Å². The summed E-state index contributed by atoms with van der Waals surface area (Å²) in [5, 5.41) is 9.80. The molecule has 1 nitrogen and oxygen atoms in total. The van der Waals surface area contributed by atoms with Crippen LogP contribution in [0.1, 0.15) is 30.6 Å². The van der Waals surface area contributed by atoms with Crippen molar-refractivity contribution in [2.24, 2.45) is 0 Å². The van der Waals surface area contributed by atoms with Crippen molar-refractivity contribution in [2.45, 2.75) is 25.6 Å². The molecule has 0 aliphatic rings. The van der Waals surface area contributed by atoms with E-state index >= 15 is 0 Å². The van der Waals surface area contributed by atoms with Gasteiger partial charge in [-0.2, -0.15) is 13.2 Å². The fraction of sp³-hybridized carbons (Fsp3) is 0.250. The summed E-state index contributed by atoms with van der Waals surface area (Å²) in [5.41, 5.74) is 1.60. The first kappa shape index (κ1) is 14.6. The molecule has 0 fully saturated rings. The topological polar surface area (TPSA) is 20.2 Å². The second-order valence-electron chi connectivity index (χ2n) is 4.62. The van der Waals surface area contributed by atoms with Crippen LogP contribution in [0.2, 0.25) is 0 Å². The fourth-order valence-corrected chi connectivity index (χ4v) is 2.01. The van der Waals surface area contributed by atoms with Crippen LogP contribution in [0, 0.1) is 0 Å². The monoisotopic (exact) mass is 280 g/mol. The number of aliphatic hydroxyl groups is 1. The minimum atomic E-state index is -4.32. The molecule has 0 spiro atoms. The number of hydrogen-bond acceptors (Lipinski definition) is 1. The van der Waals surface area contributed by atoms with Crippen LogP contribution < -0.4 is 0 Å². The lowest BCUT2D eigenvalue weighted by Crippen LogP contribution is -2.04. The van der Waals surface area contributed by atoms with Crippen molar-refractivity contribution in [3.63, 3.8) is 0 Å². The maximum atomic E-state index is 12.5. The lowest BCUT2D eigenvalue weighted by molar-refractivity contribution is -0.137. The summed E-state index contributed by atoms with van der Waals surface area (Å²) >= 11 is 0. The Kier molecular flexibility index (Phi) is 4.14. The van der Waals surface area contributed by atoms with Crippen LogP contribution >= 0.6 is 0 Å². The molecule has 0 saturated heterocycles. The van der Waals surface area contributed by atoms with Gasteiger partial charge in [0.2, 0.25) is 0 Å². The Morgan fingerprint density at radius 2 is 1.65 bits per heavy atom. The van der Waals surface area contributed by atoms with E-state index in [-0.39, 0.29) is 0 Å². The average molecular weight is 280 g/mol. The van der Waals surface area contributed by atoms with E-state index in [1.54, 1.807) is 12.1 Å². The second kappa shape index (κ2) is 5.67. The molecule has 0 amide bonds. The van der Waals surface area contributed by atoms with E-state index in [9.17, 15) is 18.3 Å². The van der Waals surface area contributed by atoms with Crippen LogP contribution in [0.4, 0.5) is 13.2 Å². The third-order valence-corrected chi connectivity index (χ3v) is 3.20. The quantitative estimate of drug-likeness (QED) is 0.855. The Hall–Kier alpha value is -1.81. The van der Waals surface area contributed by atoms with Gasteiger partial charge in [0, 0.05) is 0 Å². The van der Waals surface area contributed by atoms with Crippen LogP contribution in [0.3, 0.4) is 0 Å². The zero-order chi connectivity index (χ0) is 14.8. The van der Waals surface area contributed by atoms with Gasteiger partial charge in [-0.15, -0.1) is 0 Å². The standard InChI is InChI=1S/C16H15F3O/c1-2-15(20)13-5-3-4-12(10-13)11-6-8-14(9-7-11)16(17,18)19/h3-10,15,20H,2H2,1H3. The predicted octanol–water partition coefficient (Wildman–Crippen LogP) is 4.82. The lowest BCUT2D eigenvalue weighted by Gasteiger charge is -2.11. The molecule has 0 radical (unpaired) electrons. The van der Waals surface area contributed by atoms with Crippen molar-refractivity contribution in [2.75, 3.05) is 0 Å². The molecule has 2 rings (SSSR count). The van der Waals surface area contributed by atoms with Crippen molar-refractivity contribution < 1.29 is 18.3 Å². The molecule has 0 aliphatic carbocycles. The molecule has 20 heavy (non-hydrogen) atoms. The van der Waals surface area contributed by atoms with Gasteiger partial charge in [0.25, 0.3) is 0 Å². The Bertz CT molecular complexity index is 573. The highest BCUT2D eigenvalue weighted by Crippen LogP contribution is 2.31. The molecule has 2 aromatic rings. The molecule has 1 unspecified atom stereocenters. The Labute approximate surface area is 115 Å². The molecule has 0 aromatic heterocycles. The largest absolute Gasteiger partial charge is 0.416 e. The summed E-state index contributed by atoms with van der Waals surface area (Å²) in [5.74, 6) is 0. The SMILES string of the molecule is CCC(O)c1cccc(-c2ccc(C(F)(F)F)cc2)c1. The van der Waals surface area contributed by atoms with Gasteiger partial charge in [0.05, 0.1) is 11.7 Å². The van der Waals surface area contributed by atoms with Gasteiger partial charge in [-0.25, -0.2) is 0 Å². The highest BCUT2D eigenvalue weighted by Gasteiger charge is 2.29. The zero-order valence-electron chi connectivity index (χ0n) is 11.0. The summed E-state index contributed by atoms with van der Waals surface area (Å²) in [6.45, 7) is 1.87. The Balaban J connectivity index is 2.32. The fourth-order valence-electron chi connectivity index (χ4n) is 2.01. The molecule has 0 bridgehead atoms. The molecule has 1 atom stereocenters. The maximum Gasteiger partial charge on any atom is 0.416 e. The maximum absolute atomic E-state index is 12.5. The Morgan fingerprint density at radius 3 is 2.20 bits per heavy atom. The van der Waals surface area contributed by atoms with Crippen molar-refractivity contribution >= 4 is 0 Å². The number of hydrogen-bond donors (Lipinski definition) is 1. The first-order chi connectivity index (χ1) is 9.41. The molecular formula is C16H15F3O. The van der Waals surface area contributed by atoms with E-state index in [4.69, 9.17) is 0 Å². The zero-order valence-corrected chi connectivity index (χ0v) is 11.0. The summed E-state index contributed by atoms with van der Waals surface area (Å²) in [6, 6.07) is 12.2. The van der Waals surface area contributed by atoms with Crippen molar-refractivity contribution in [3.05, 3.63) is 59.7 Å². The minimum absolute atomic E-state index is 0.551. The minimum Gasteiger partial charge on any atom is -0.388 e. The van der Waals surface area contributed by atoms with Crippen molar-refractivity contribution in [1.29, 1.82) is 0 Å². The van der Waals surface area contributed by atoms with Gasteiger partial charge in [-0.1, -0.05) is 37.3 Å². The highest BCUT2D eigenvalue weighted by atomic mass is 19.4. The van der Waals surface area contributed by atoms with E-state index in [0.29, 0.717) is 12.0 Å². The molecule has 1 N–H and O–H groups in total. The van der Waals surface area contributed by atoms with Gasteiger partial charge < -0.3 is 5.11 Å². The van der Waals surface area contributed by atoms with Crippen molar-refractivity contribution in [1.82, 2.24) is 0 Å². The van der Waals surface area contributed by atoms with Gasteiger partial charge in [0.1, 0.15) is 0 Å². The number of rotatable bonds is 3. The number of benzene rings is 2. The first-order valence-electron chi connectivity index (χ1n) is 6.37. The summed E-state index contributed by atoms with van der Waals surface area (Å²) in [7, 11) is 0. The lowest BCUT2D eigenvalue weighted by atomic mass is 9.99. The van der Waals surface area contributed by atoms with E-state index < -0.39 is 17.8 Å². The molecule has 0 heterocycles. The number of alkyl halides is 3. The third-order valence-electron chi connectivity index (χ3n) is 3.20. The molecule has 4 heteroatoms. The highest BCUT2D eigenvalue weighted by molar-refractivity contribution is 5.64. The van der Waals surface area contributed by atoms with Crippen molar-refractivity contribution in [3.8, 4) is 11.1 Å². The first-order valence-corrected chi connectivity index (χ1v) is 6.37. The summed E-state index contributed by atoms with van der Waals surface area (Å²) in [6.07, 6.45) is -4.28. The smallest absolute Gasteiger partial charge is 0.388 e. The van der Waals surface area contributed by atoms with E-state index in [2.05, 4.69) is 0 Å². The molecule has 106 valence electrons. The van der Waals surface area contributed by atoms with Gasteiger partial charge in [0.15, 0.2) is 0 Å². The van der Waals surface area contributed by atoms with E-state index in [1.807, 2.05) is 19.1 Å². The number of aliphatic hydroxyl groups excluding tert-OH is 1. The Morgan fingerprint density at radius 1 is 1.00 bits per heavy atom. The van der Waals surface area contributed by atoms with Crippen LogP contribution in [0.5, 0.6) is 0 Å². The van der Waals surface area contributed by atoms with Crippen LogP contribution in [0.15, 0.2) is 48.5 Å². The number of halogens is 3. The molecular weight excluding hydrogens is 265 g/mol. The molecule has 0 aliphatic heterocycles. The second-order valence-corrected chi connectivity index (χ2v) is 4.62.